The normalized spacial score (nSPS) is 24.4. The van der Waals surface area contributed by atoms with Crippen molar-refractivity contribution in [3.8, 4) is 0 Å². The van der Waals surface area contributed by atoms with Crippen molar-refractivity contribution >= 4 is 11.9 Å². The maximum absolute atomic E-state index is 11.2. The van der Waals surface area contributed by atoms with E-state index in [-0.39, 0.29) is 5.91 Å². The fourth-order valence-corrected chi connectivity index (χ4v) is 2.14. The molecule has 0 aromatic carbocycles. The number of nitrogens with zero attached hydrogens (tertiary/aromatic N) is 2. The molecule has 5 nitrogen and oxygen atoms in total. The molecule has 1 heterocycles. The summed E-state index contributed by atoms with van der Waals surface area (Å²) in [5.41, 5.74) is 5.89. The number of piperazine rings is 1. The second-order valence-corrected chi connectivity index (χ2v) is 4.20. The average Bonchev–Trinajstić information content (AvgIpc) is 2.70. The summed E-state index contributed by atoms with van der Waals surface area (Å²) in [6.07, 6.45) is 4.78. The van der Waals surface area contributed by atoms with Crippen LogP contribution in [0.15, 0.2) is 4.99 Å². The van der Waals surface area contributed by atoms with Crippen molar-refractivity contribution < 1.29 is 4.79 Å². The van der Waals surface area contributed by atoms with Crippen LogP contribution < -0.4 is 11.1 Å². The minimum atomic E-state index is 0.0332. The predicted octanol–water partition coefficient (Wildman–Crippen LogP) is -0.325. The van der Waals surface area contributed by atoms with Crippen molar-refractivity contribution in [2.75, 3.05) is 19.6 Å². The van der Waals surface area contributed by atoms with Gasteiger partial charge in [0, 0.05) is 13.1 Å². The fourth-order valence-electron chi connectivity index (χ4n) is 2.14. The molecule has 1 amide bonds. The van der Waals surface area contributed by atoms with E-state index in [0.717, 1.165) is 19.4 Å². The van der Waals surface area contributed by atoms with E-state index < -0.39 is 0 Å². The van der Waals surface area contributed by atoms with E-state index in [0.29, 0.717) is 25.1 Å². The zero-order chi connectivity index (χ0) is 10.7. The molecule has 0 spiro atoms. The molecule has 1 aliphatic carbocycles. The van der Waals surface area contributed by atoms with Crippen molar-refractivity contribution in [2.45, 2.75) is 31.7 Å². The second kappa shape index (κ2) is 4.51. The molecule has 1 saturated carbocycles. The zero-order valence-corrected chi connectivity index (χ0v) is 8.91. The molecule has 3 N–H and O–H groups in total. The third kappa shape index (κ3) is 2.61. The van der Waals surface area contributed by atoms with Crippen LogP contribution in [-0.2, 0) is 4.79 Å². The van der Waals surface area contributed by atoms with Crippen molar-refractivity contribution in [1.29, 1.82) is 0 Å². The van der Waals surface area contributed by atoms with Crippen LogP contribution in [0, 0.1) is 0 Å². The summed E-state index contributed by atoms with van der Waals surface area (Å²) in [6.45, 7) is 1.79. The molecule has 0 aromatic heterocycles. The molecule has 0 aromatic rings. The number of amides is 1. The summed E-state index contributed by atoms with van der Waals surface area (Å²) in [5.74, 6) is 0.572. The number of carbonyl (C=O) groups is 1. The highest BCUT2D eigenvalue weighted by Crippen LogP contribution is 2.20. The molecule has 0 unspecified atom stereocenters. The molecular weight excluding hydrogens is 192 g/mol. The number of guanidine groups is 1. The SMILES string of the molecule is NC(=NC1CCCC1)N1CCNC(=O)C1. The number of aliphatic imine (C=N–C) groups is 1. The lowest BCUT2D eigenvalue weighted by molar-refractivity contribution is -0.122. The molecule has 2 fully saturated rings. The monoisotopic (exact) mass is 210 g/mol. The standard InChI is InChI=1S/C10H18N4O/c11-10(13-8-3-1-2-4-8)14-6-5-12-9(15)7-14/h8H,1-7H2,(H2,11,13)(H,12,15). The second-order valence-electron chi connectivity index (χ2n) is 4.20. The van der Waals surface area contributed by atoms with Gasteiger partial charge in [0.25, 0.3) is 0 Å². The van der Waals surface area contributed by atoms with Crippen LogP contribution in [-0.4, -0.2) is 42.4 Å². The first-order chi connectivity index (χ1) is 7.25. The van der Waals surface area contributed by atoms with Crippen molar-refractivity contribution in [3.05, 3.63) is 0 Å². The van der Waals surface area contributed by atoms with E-state index >= 15 is 0 Å². The van der Waals surface area contributed by atoms with Crippen molar-refractivity contribution in [1.82, 2.24) is 10.2 Å². The summed E-state index contributed by atoms with van der Waals surface area (Å²) in [4.78, 5) is 17.5. The van der Waals surface area contributed by atoms with Crippen LogP contribution in [0.2, 0.25) is 0 Å². The van der Waals surface area contributed by atoms with Crippen molar-refractivity contribution in [3.63, 3.8) is 0 Å². The molecule has 2 rings (SSSR count). The van der Waals surface area contributed by atoms with Crippen LogP contribution >= 0.6 is 0 Å². The molecule has 1 aliphatic heterocycles. The lowest BCUT2D eigenvalue weighted by Gasteiger charge is -2.27. The fraction of sp³-hybridized carbons (Fsp3) is 0.800. The van der Waals surface area contributed by atoms with Gasteiger partial charge in [0.15, 0.2) is 5.96 Å². The first-order valence-electron chi connectivity index (χ1n) is 5.60. The Kier molecular flexibility index (Phi) is 3.08. The number of nitrogens with two attached hydrogens (primary N) is 1. The first kappa shape index (κ1) is 10.3. The molecule has 1 saturated heterocycles. The van der Waals surface area contributed by atoms with E-state index in [1.54, 1.807) is 0 Å². The summed E-state index contributed by atoms with van der Waals surface area (Å²) in [6, 6.07) is 0.384. The summed E-state index contributed by atoms with van der Waals surface area (Å²) < 4.78 is 0. The van der Waals surface area contributed by atoms with Gasteiger partial charge in [-0.25, -0.2) is 4.99 Å². The maximum Gasteiger partial charge on any atom is 0.239 e. The van der Waals surface area contributed by atoms with Crippen LogP contribution in [0.5, 0.6) is 0 Å². The Hall–Kier alpha value is -1.26. The third-order valence-electron chi connectivity index (χ3n) is 3.00. The number of rotatable bonds is 1. The Morgan fingerprint density at radius 3 is 2.87 bits per heavy atom. The molecular formula is C10H18N4O. The molecule has 2 aliphatic rings. The van der Waals surface area contributed by atoms with Crippen LogP contribution in [0.3, 0.4) is 0 Å². The number of hydrogen-bond donors (Lipinski definition) is 2. The van der Waals surface area contributed by atoms with Crippen molar-refractivity contribution in [2.24, 2.45) is 10.7 Å². The van der Waals surface area contributed by atoms with Gasteiger partial charge in [-0.1, -0.05) is 12.8 Å². The highest BCUT2D eigenvalue weighted by Gasteiger charge is 2.20. The van der Waals surface area contributed by atoms with Gasteiger partial charge >= 0.3 is 0 Å². The highest BCUT2D eigenvalue weighted by atomic mass is 16.2. The van der Waals surface area contributed by atoms with Gasteiger partial charge in [0.2, 0.25) is 5.91 Å². The van der Waals surface area contributed by atoms with Gasteiger partial charge < -0.3 is 16.0 Å². The Morgan fingerprint density at radius 1 is 1.47 bits per heavy atom. The zero-order valence-electron chi connectivity index (χ0n) is 8.91. The Labute approximate surface area is 89.7 Å². The molecule has 0 radical (unpaired) electrons. The largest absolute Gasteiger partial charge is 0.370 e. The Balaban J connectivity index is 1.93. The van der Waals surface area contributed by atoms with Crippen LogP contribution in [0.4, 0.5) is 0 Å². The van der Waals surface area contributed by atoms with Crippen LogP contribution in [0.1, 0.15) is 25.7 Å². The van der Waals surface area contributed by atoms with Gasteiger partial charge in [-0.2, -0.15) is 0 Å². The average molecular weight is 210 g/mol. The van der Waals surface area contributed by atoms with Gasteiger partial charge in [-0.3, -0.25) is 4.79 Å². The Morgan fingerprint density at radius 2 is 2.20 bits per heavy atom. The lowest BCUT2D eigenvalue weighted by atomic mass is 10.3. The molecule has 84 valence electrons. The van der Waals surface area contributed by atoms with E-state index in [2.05, 4.69) is 10.3 Å². The lowest BCUT2D eigenvalue weighted by Crippen LogP contribution is -2.52. The molecule has 5 heteroatoms. The van der Waals surface area contributed by atoms with E-state index in [1.165, 1.54) is 12.8 Å². The maximum atomic E-state index is 11.2. The Bertz CT molecular complexity index is 271. The number of nitrogens with one attached hydrogen (secondary N) is 1. The minimum Gasteiger partial charge on any atom is -0.370 e. The molecule has 0 atom stereocenters. The third-order valence-corrected chi connectivity index (χ3v) is 3.00. The van der Waals surface area contributed by atoms with Gasteiger partial charge in [0.1, 0.15) is 0 Å². The smallest absolute Gasteiger partial charge is 0.239 e. The minimum absolute atomic E-state index is 0.0332. The molecule has 0 bridgehead atoms. The van der Waals surface area contributed by atoms with Gasteiger partial charge in [-0.05, 0) is 12.8 Å². The van der Waals surface area contributed by atoms with Crippen LogP contribution in [0.25, 0.3) is 0 Å². The summed E-state index contributed by atoms with van der Waals surface area (Å²) in [7, 11) is 0. The molecule has 15 heavy (non-hydrogen) atoms. The topological polar surface area (TPSA) is 70.7 Å². The van der Waals surface area contributed by atoms with E-state index in [9.17, 15) is 4.79 Å². The van der Waals surface area contributed by atoms with Gasteiger partial charge in [0.05, 0.1) is 12.6 Å². The quantitative estimate of drug-likeness (QED) is 0.460. The van der Waals surface area contributed by atoms with Gasteiger partial charge in [-0.15, -0.1) is 0 Å². The first-order valence-corrected chi connectivity index (χ1v) is 5.60. The number of hydrogen-bond acceptors (Lipinski definition) is 2. The summed E-state index contributed by atoms with van der Waals surface area (Å²) in [5, 5.41) is 2.77. The highest BCUT2D eigenvalue weighted by molar-refractivity contribution is 5.86. The summed E-state index contributed by atoms with van der Waals surface area (Å²) >= 11 is 0. The van der Waals surface area contributed by atoms with E-state index in [4.69, 9.17) is 5.73 Å². The predicted molar refractivity (Wildman–Crippen MR) is 58.5 cm³/mol. The number of carbonyl (C=O) groups excluding carboxylic acids is 1. The van der Waals surface area contributed by atoms with E-state index in [1.807, 2.05) is 4.90 Å².